The molecule has 0 unspecified atom stereocenters. The SMILES string of the molecule is CC1(C)OB(C(=Cc2cccc3ccncc23)CNC(=O)OCC2c3ccccc3-c3ccccc32)OC1(C)C. The minimum atomic E-state index is -0.620. The largest absolute Gasteiger partial charge is 0.492 e. The summed E-state index contributed by atoms with van der Waals surface area (Å²) < 4.78 is 18.5. The van der Waals surface area contributed by atoms with E-state index in [9.17, 15) is 4.79 Å². The lowest BCUT2D eigenvalue weighted by Gasteiger charge is -2.32. The molecular formula is C33H33BN2O4. The fourth-order valence-corrected chi connectivity index (χ4v) is 5.48. The van der Waals surface area contributed by atoms with Crippen molar-refractivity contribution in [3.05, 3.63) is 107 Å². The molecule has 1 saturated heterocycles. The van der Waals surface area contributed by atoms with Gasteiger partial charge in [-0.15, -0.1) is 0 Å². The minimum Gasteiger partial charge on any atom is -0.449 e. The Morgan fingerprint density at radius 1 is 0.925 bits per heavy atom. The molecule has 0 spiro atoms. The molecule has 0 saturated carbocycles. The molecule has 1 aliphatic carbocycles. The molecule has 40 heavy (non-hydrogen) atoms. The van der Waals surface area contributed by atoms with Crippen LogP contribution in [0.5, 0.6) is 0 Å². The first-order chi connectivity index (χ1) is 19.2. The highest BCUT2D eigenvalue weighted by Crippen LogP contribution is 2.44. The number of hydrogen-bond acceptors (Lipinski definition) is 5. The molecule has 1 aromatic heterocycles. The highest BCUT2D eigenvalue weighted by molar-refractivity contribution is 6.56. The first-order valence-electron chi connectivity index (χ1n) is 13.7. The number of fused-ring (bicyclic) bond motifs is 4. The molecular weight excluding hydrogens is 499 g/mol. The molecule has 1 aliphatic heterocycles. The maximum atomic E-state index is 13.0. The second kappa shape index (κ2) is 10.2. The Hall–Kier alpha value is -3.94. The number of carbonyl (C=O) groups is 1. The molecule has 2 aliphatic rings. The predicted molar refractivity (Wildman–Crippen MR) is 159 cm³/mol. The van der Waals surface area contributed by atoms with Crippen molar-refractivity contribution in [2.24, 2.45) is 0 Å². The number of rotatable bonds is 6. The molecule has 6 rings (SSSR count). The van der Waals surface area contributed by atoms with Crippen LogP contribution in [0, 0.1) is 0 Å². The van der Waals surface area contributed by atoms with Crippen LogP contribution < -0.4 is 5.32 Å². The summed E-state index contributed by atoms with van der Waals surface area (Å²) in [5.41, 5.74) is 5.50. The van der Waals surface area contributed by atoms with E-state index in [1.165, 1.54) is 22.3 Å². The van der Waals surface area contributed by atoms with E-state index in [0.717, 1.165) is 21.8 Å². The van der Waals surface area contributed by atoms with Gasteiger partial charge in [0.05, 0.1) is 11.2 Å². The average Bonchev–Trinajstić information content (AvgIpc) is 3.38. The molecule has 202 valence electrons. The van der Waals surface area contributed by atoms with Gasteiger partial charge in [0.25, 0.3) is 0 Å². The Balaban J connectivity index is 1.21. The molecule has 0 radical (unpaired) electrons. The smallest absolute Gasteiger partial charge is 0.449 e. The van der Waals surface area contributed by atoms with Crippen LogP contribution >= 0.6 is 0 Å². The maximum Gasteiger partial charge on any atom is 0.492 e. The monoisotopic (exact) mass is 532 g/mol. The quantitative estimate of drug-likeness (QED) is 0.277. The number of pyridine rings is 1. The zero-order valence-corrected chi connectivity index (χ0v) is 23.3. The standard InChI is InChI=1S/C33H33BN2O4/c1-32(2)33(3,4)40-34(39-32)24(18-23-11-9-10-22-16-17-35-20-29(22)23)19-36-31(37)38-21-30-27-14-7-5-12-25(27)26-13-6-8-15-28(26)30/h5-18,20,30H,19,21H2,1-4H3,(H,36,37). The van der Waals surface area contributed by atoms with Crippen LogP contribution in [0.1, 0.15) is 50.3 Å². The number of aromatic nitrogens is 1. The summed E-state index contributed by atoms with van der Waals surface area (Å²) in [6.45, 7) is 8.54. The third-order valence-electron chi connectivity index (χ3n) is 8.39. The Morgan fingerprint density at radius 3 is 2.25 bits per heavy atom. The molecule has 4 aromatic rings. The molecule has 3 aromatic carbocycles. The van der Waals surface area contributed by atoms with Gasteiger partial charge in [0, 0.05) is 30.2 Å². The summed E-state index contributed by atoms with van der Waals surface area (Å²) in [5, 5.41) is 5.05. The number of amides is 1. The molecule has 0 bridgehead atoms. The van der Waals surface area contributed by atoms with E-state index in [1.807, 2.05) is 82.4 Å². The van der Waals surface area contributed by atoms with Crippen LogP contribution in [0.3, 0.4) is 0 Å². The number of benzene rings is 3. The summed E-state index contributed by atoms with van der Waals surface area (Å²) in [7, 11) is -0.620. The van der Waals surface area contributed by atoms with Crippen molar-refractivity contribution in [2.45, 2.75) is 44.8 Å². The highest BCUT2D eigenvalue weighted by atomic mass is 16.7. The highest BCUT2D eigenvalue weighted by Gasteiger charge is 2.52. The van der Waals surface area contributed by atoms with Gasteiger partial charge in [0.15, 0.2) is 0 Å². The first kappa shape index (κ1) is 26.3. The van der Waals surface area contributed by atoms with Gasteiger partial charge in [0.2, 0.25) is 0 Å². The van der Waals surface area contributed by atoms with Gasteiger partial charge < -0.3 is 19.4 Å². The summed E-state index contributed by atoms with van der Waals surface area (Å²) in [6, 6.07) is 24.7. The topological polar surface area (TPSA) is 69.7 Å². The van der Waals surface area contributed by atoms with E-state index in [4.69, 9.17) is 14.0 Å². The lowest BCUT2D eigenvalue weighted by molar-refractivity contribution is 0.00578. The van der Waals surface area contributed by atoms with Gasteiger partial charge in [-0.3, -0.25) is 4.98 Å². The van der Waals surface area contributed by atoms with E-state index in [-0.39, 0.29) is 19.1 Å². The van der Waals surface area contributed by atoms with Crippen molar-refractivity contribution in [2.75, 3.05) is 13.2 Å². The van der Waals surface area contributed by atoms with Gasteiger partial charge in [-0.2, -0.15) is 0 Å². The maximum absolute atomic E-state index is 13.0. The number of nitrogens with one attached hydrogen (secondary N) is 1. The first-order valence-corrected chi connectivity index (χ1v) is 13.7. The zero-order chi connectivity index (χ0) is 27.9. The lowest BCUT2D eigenvalue weighted by atomic mass is 9.76. The second-order valence-electron chi connectivity index (χ2n) is 11.4. The number of hydrogen-bond donors (Lipinski definition) is 1. The van der Waals surface area contributed by atoms with Crippen LogP contribution in [0.25, 0.3) is 28.0 Å². The van der Waals surface area contributed by atoms with Crippen molar-refractivity contribution in [1.29, 1.82) is 0 Å². The molecule has 1 N–H and O–H groups in total. The van der Waals surface area contributed by atoms with E-state index in [2.05, 4.69) is 40.6 Å². The summed E-state index contributed by atoms with van der Waals surface area (Å²) in [5.74, 6) is -0.000516. The number of alkyl carbamates (subject to hydrolysis) is 1. The van der Waals surface area contributed by atoms with Crippen molar-refractivity contribution in [1.82, 2.24) is 10.3 Å². The summed E-state index contributed by atoms with van der Waals surface area (Å²) in [4.78, 5) is 17.3. The van der Waals surface area contributed by atoms with Crippen LogP contribution in [-0.2, 0) is 14.0 Å². The van der Waals surface area contributed by atoms with E-state index in [1.54, 1.807) is 6.20 Å². The fourth-order valence-electron chi connectivity index (χ4n) is 5.48. The third-order valence-corrected chi connectivity index (χ3v) is 8.39. The average molecular weight is 532 g/mol. The Kier molecular flexibility index (Phi) is 6.73. The van der Waals surface area contributed by atoms with Crippen molar-refractivity contribution in [3.63, 3.8) is 0 Å². The third kappa shape index (κ3) is 4.80. The number of ether oxygens (including phenoxy) is 1. The molecule has 1 amide bonds. The van der Waals surface area contributed by atoms with Crippen LogP contribution in [0.2, 0.25) is 0 Å². The zero-order valence-electron chi connectivity index (χ0n) is 23.3. The van der Waals surface area contributed by atoms with Crippen molar-refractivity contribution >= 4 is 30.1 Å². The van der Waals surface area contributed by atoms with Gasteiger partial charge in [-0.1, -0.05) is 72.8 Å². The Labute approximate surface area is 235 Å². The van der Waals surface area contributed by atoms with E-state index >= 15 is 0 Å². The lowest BCUT2D eigenvalue weighted by Crippen LogP contribution is -2.41. The van der Waals surface area contributed by atoms with Gasteiger partial charge in [0.1, 0.15) is 6.61 Å². The summed E-state index contributed by atoms with van der Waals surface area (Å²) in [6.07, 6.45) is 5.17. The van der Waals surface area contributed by atoms with Gasteiger partial charge in [-0.05, 0) is 72.4 Å². The Morgan fingerprint density at radius 2 is 1.57 bits per heavy atom. The van der Waals surface area contributed by atoms with Gasteiger partial charge >= 0.3 is 13.2 Å². The summed E-state index contributed by atoms with van der Waals surface area (Å²) >= 11 is 0. The number of carbonyl (C=O) groups excluding carboxylic acids is 1. The van der Waals surface area contributed by atoms with Crippen LogP contribution in [0.4, 0.5) is 4.79 Å². The van der Waals surface area contributed by atoms with Crippen molar-refractivity contribution < 1.29 is 18.8 Å². The minimum absolute atomic E-state index is 0.000516. The molecule has 1 fully saturated rings. The Bertz CT molecular complexity index is 1550. The molecule has 2 heterocycles. The number of nitrogens with zero attached hydrogens (tertiary/aromatic N) is 1. The van der Waals surface area contributed by atoms with Crippen LogP contribution in [-0.4, -0.2) is 42.5 Å². The molecule has 7 heteroatoms. The van der Waals surface area contributed by atoms with E-state index in [0.29, 0.717) is 0 Å². The predicted octanol–water partition coefficient (Wildman–Crippen LogP) is 6.79. The van der Waals surface area contributed by atoms with Crippen LogP contribution in [0.15, 0.2) is 90.7 Å². The van der Waals surface area contributed by atoms with Crippen molar-refractivity contribution in [3.8, 4) is 11.1 Å². The molecule has 0 atom stereocenters. The fraction of sp³-hybridized carbons (Fsp3) is 0.273. The second-order valence-corrected chi connectivity index (χ2v) is 11.4. The molecule has 6 nitrogen and oxygen atoms in total. The van der Waals surface area contributed by atoms with E-state index < -0.39 is 24.4 Å². The normalized spacial score (nSPS) is 17.5. The van der Waals surface area contributed by atoms with Gasteiger partial charge in [-0.25, -0.2) is 4.79 Å².